The molecule has 0 spiro atoms. The van der Waals surface area contributed by atoms with Gasteiger partial charge in [0.15, 0.2) is 0 Å². The SMILES string of the molecule is C[C@H](NC(=O)Cc1cccc2ccccc12)C(=O)Nc1cccc(C(F)(F)F)c1. The third kappa shape index (κ3) is 5.13. The molecule has 4 nitrogen and oxygen atoms in total. The summed E-state index contributed by atoms with van der Waals surface area (Å²) >= 11 is 0. The maximum atomic E-state index is 12.8. The molecule has 0 bridgehead atoms. The summed E-state index contributed by atoms with van der Waals surface area (Å²) < 4.78 is 38.4. The Labute approximate surface area is 165 Å². The van der Waals surface area contributed by atoms with E-state index in [1.165, 1.54) is 19.1 Å². The van der Waals surface area contributed by atoms with E-state index in [1.807, 2.05) is 42.5 Å². The first-order valence-corrected chi connectivity index (χ1v) is 8.98. The van der Waals surface area contributed by atoms with Gasteiger partial charge < -0.3 is 10.6 Å². The maximum Gasteiger partial charge on any atom is 0.416 e. The van der Waals surface area contributed by atoms with Crippen LogP contribution < -0.4 is 10.6 Å². The second-order valence-electron chi connectivity index (χ2n) is 6.67. The number of alkyl halides is 3. The van der Waals surface area contributed by atoms with Gasteiger partial charge in [-0.25, -0.2) is 0 Å². The normalized spacial score (nSPS) is 12.4. The van der Waals surface area contributed by atoms with E-state index < -0.39 is 23.7 Å². The Kier molecular flexibility index (Phi) is 5.87. The summed E-state index contributed by atoms with van der Waals surface area (Å²) in [7, 11) is 0. The molecule has 29 heavy (non-hydrogen) atoms. The fourth-order valence-corrected chi connectivity index (χ4v) is 3.00. The monoisotopic (exact) mass is 400 g/mol. The summed E-state index contributed by atoms with van der Waals surface area (Å²) in [6, 6.07) is 16.7. The van der Waals surface area contributed by atoms with Crippen LogP contribution in [0, 0.1) is 0 Å². The van der Waals surface area contributed by atoms with Gasteiger partial charge in [-0.1, -0.05) is 48.5 Å². The molecular weight excluding hydrogens is 381 g/mol. The molecular formula is C22H19F3N2O2. The highest BCUT2D eigenvalue weighted by Gasteiger charge is 2.30. The van der Waals surface area contributed by atoms with Crippen molar-refractivity contribution in [3.63, 3.8) is 0 Å². The van der Waals surface area contributed by atoms with Crippen LogP contribution in [0.4, 0.5) is 18.9 Å². The van der Waals surface area contributed by atoms with E-state index in [0.29, 0.717) is 0 Å². The van der Waals surface area contributed by atoms with E-state index in [0.717, 1.165) is 28.5 Å². The third-order valence-electron chi connectivity index (χ3n) is 4.46. The molecule has 0 heterocycles. The lowest BCUT2D eigenvalue weighted by Crippen LogP contribution is -2.42. The van der Waals surface area contributed by atoms with Crippen molar-refractivity contribution in [1.29, 1.82) is 0 Å². The van der Waals surface area contributed by atoms with Gasteiger partial charge in [0, 0.05) is 5.69 Å². The van der Waals surface area contributed by atoms with Crippen LogP contribution in [-0.2, 0) is 22.2 Å². The van der Waals surface area contributed by atoms with Crippen LogP contribution in [-0.4, -0.2) is 17.9 Å². The second-order valence-corrected chi connectivity index (χ2v) is 6.67. The highest BCUT2D eigenvalue weighted by molar-refractivity contribution is 5.98. The first-order chi connectivity index (χ1) is 13.7. The number of nitrogens with one attached hydrogen (secondary N) is 2. The minimum Gasteiger partial charge on any atom is -0.344 e. The molecule has 1 atom stereocenters. The maximum absolute atomic E-state index is 12.8. The van der Waals surface area contributed by atoms with Crippen molar-refractivity contribution in [3.8, 4) is 0 Å². The second kappa shape index (κ2) is 8.34. The van der Waals surface area contributed by atoms with E-state index in [-0.39, 0.29) is 18.0 Å². The average Bonchev–Trinajstić information content (AvgIpc) is 2.67. The van der Waals surface area contributed by atoms with E-state index in [9.17, 15) is 22.8 Å². The van der Waals surface area contributed by atoms with Gasteiger partial charge >= 0.3 is 6.18 Å². The molecule has 2 N–H and O–H groups in total. The highest BCUT2D eigenvalue weighted by atomic mass is 19.4. The number of anilines is 1. The van der Waals surface area contributed by atoms with E-state index in [2.05, 4.69) is 10.6 Å². The van der Waals surface area contributed by atoms with Crippen molar-refractivity contribution in [2.75, 3.05) is 5.32 Å². The van der Waals surface area contributed by atoms with Crippen molar-refractivity contribution in [3.05, 3.63) is 77.9 Å². The number of rotatable bonds is 5. The summed E-state index contributed by atoms with van der Waals surface area (Å²) in [6.07, 6.45) is -4.42. The van der Waals surface area contributed by atoms with Crippen LogP contribution in [0.25, 0.3) is 10.8 Å². The van der Waals surface area contributed by atoms with Crippen LogP contribution in [0.15, 0.2) is 66.7 Å². The molecule has 3 rings (SSSR count). The Balaban J connectivity index is 1.63. The van der Waals surface area contributed by atoms with Gasteiger partial charge in [0.1, 0.15) is 6.04 Å². The lowest BCUT2D eigenvalue weighted by atomic mass is 10.0. The van der Waals surface area contributed by atoms with E-state index in [1.54, 1.807) is 0 Å². The molecule has 0 radical (unpaired) electrons. The predicted molar refractivity (Wildman–Crippen MR) is 105 cm³/mol. The Bertz CT molecular complexity index is 1040. The van der Waals surface area contributed by atoms with Crippen LogP contribution >= 0.6 is 0 Å². The molecule has 150 valence electrons. The first kappa shape index (κ1) is 20.4. The fourth-order valence-electron chi connectivity index (χ4n) is 3.00. The molecule has 2 amide bonds. The number of amides is 2. The average molecular weight is 400 g/mol. The lowest BCUT2D eigenvalue weighted by molar-refractivity contribution is -0.137. The number of hydrogen-bond donors (Lipinski definition) is 2. The topological polar surface area (TPSA) is 58.2 Å². The van der Waals surface area contributed by atoms with E-state index in [4.69, 9.17) is 0 Å². The van der Waals surface area contributed by atoms with Crippen molar-refractivity contribution in [2.45, 2.75) is 25.6 Å². The van der Waals surface area contributed by atoms with Crippen LogP contribution in [0.1, 0.15) is 18.1 Å². The number of benzene rings is 3. The zero-order valence-electron chi connectivity index (χ0n) is 15.6. The van der Waals surface area contributed by atoms with Crippen molar-refractivity contribution < 1.29 is 22.8 Å². The Hall–Kier alpha value is -3.35. The molecule has 7 heteroatoms. The Morgan fingerprint density at radius 2 is 1.66 bits per heavy atom. The van der Waals surface area contributed by atoms with Gasteiger partial charge in [0.05, 0.1) is 12.0 Å². The zero-order chi connectivity index (χ0) is 21.0. The van der Waals surface area contributed by atoms with Gasteiger partial charge in [0.2, 0.25) is 11.8 Å². The lowest BCUT2D eigenvalue weighted by Gasteiger charge is -2.15. The molecule has 3 aromatic rings. The molecule has 0 saturated carbocycles. The van der Waals surface area contributed by atoms with Crippen LogP contribution in [0.2, 0.25) is 0 Å². The largest absolute Gasteiger partial charge is 0.416 e. The molecule has 0 unspecified atom stereocenters. The molecule has 0 aliphatic carbocycles. The number of carbonyl (C=O) groups excluding carboxylic acids is 2. The number of fused-ring (bicyclic) bond motifs is 1. The first-order valence-electron chi connectivity index (χ1n) is 8.98. The third-order valence-corrected chi connectivity index (χ3v) is 4.46. The minimum atomic E-state index is -4.50. The number of hydrogen-bond acceptors (Lipinski definition) is 2. The summed E-state index contributed by atoms with van der Waals surface area (Å²) in [5.41, 5.74) is -0.0194. The van der Waals surface area contributed by atoms with Gasteiger partial charge in [-0.05, 0) is 41.5 Å². The van der Waals surface area contributed by atoms with Gasteiger partial charge in [0.25, 0.3) is 0 Å². The highest BCUT2D eigenvalue weighted by Crippen LogP contribution is 2.30. The van der Waals surface area contributed by atoms with Gasteiger partial charge in [-0.2, -0.15) is 13.2 Å². The summed E-state index contributed by atoms with van der Waals surface area (Å²) in [5, 5.41) is 6.94. The van der Waals surface area contributed by atoms with Crippen molar-refractivity contribution in [2.24, 2.45) is 0 Å². The predicted octanol–water partition coefficient (Wildman–Crippen LogP) is 4.54. The molecule has 0 aliphatic rings. The molecule has 0 aromatic heterocycles. The summed E-state index contributed by atoms with van der Waals surface area (Å²) in [5.74, 6) is -0.955. The standard InChI is InChI=1S/C22H19F3N2O2/c1-14(21(29)27-18-10-5-9-17(13-18)22(23,24)25)26-20(28)12-16-8-4-7-15-6-2-3-11-19(15)16/h2-11,13-14H,12H2,1H3,(H,26,28)(H,27,29)/t14-/m0/s1. The molecule has 0 fully saturated rings. The van der Waals surface area contributed by atoms with Gasteiger partial charge in [-0.15, -0.1) is 0 Å². The van der Waals surface area contributed by atoms with Gasteiger partial charge in [-0.3, -0.25) is 9.59 Å². The number of halogens is 3. The fraction of sp³-hybridized carbons (Fsp3) is 0.182. The Morgan fingerprint density at radius 3 is 2.41 bits per heavy atom. The van der Waals surface area contributed by atoms with Crippen LogP contribution in [0.3, 0.4) is 0 Å². The number of carbonyl (C=O) groups is 2. The molecule has 0 aliphatic heterocycles. The smallest absolute Gasteiger partial charge is 0.344 e. The van der Waals surface area contributed by atoms with E-state index >= 15 is 0 Å². The molecule has 3 aromatic carbocycles. The zero-order valence-corrected chi connectivity index (χ0v) is 15.6. The summed E-state index contributed by atoms with van der Waals surface area (Å²) in [6.45, 7) is 1.48. The van der Waals surface area contributed by atoms with Crippen molar-refractivity contribution in [1.82, 2.24) is 5.32 Å². The summed E-state index contributed by atoms with van der Waals surface area (Å²) in [4.78, 5) is 24.6. The quantitative estimate of drug-likeness (QED) is 0.660. The Morgan fingerprint density at radius 1 is 0.966 bits per heavy atom. The van der Waals surface area contributed by atoms with Crippen LogP contribution in [0.5, 0.6) is 0 Å². The molecule has 0 saturated heterocycles. The minimum absolute atomic E-state index is 0.0139. The van der Waals surface area contributed by atoms with Crippen molar-refractivity contribution >= 4 is 28.3 Å².